The van der Waals surface area contributed by atoms with Gasteiger partial charge in [-0.05, 0) is 23.8 Å². The standard InChI is InChI=1S/C9H8ClF5N2/c10-4-1-2-6(16)5(3-4)7(17)8(11,12)9(13,14)15/h1-3,7H,16-17H2/t7-/m1/s1. The van der Waals surface area contributed by atoms with Crippen LogP contribution < -0.4 is 11.5 Å². The summed E-state index contributed by atoms with van der Waals surface area (Å²) in [5.74, 6) is -5.08. The van der Waals surface area contributed by atoms with E-state index in [-0.39, 0.29) is 10.7 Å². The third-order valence-electron chi connectivity index (χ3n) is 2.15. The Bertz CT molecular complexity index is 418. The first-order valence-electron chi connectivity index (χ1n) is 4.32. The first-order chi connectivity index (χ1) is 7.57. The van der Waals surface area contributed by atoms with E-state index in [4.69, 9.17) is 23.1 Å². The lowest BCUT2D eigenvalue weighted by atomic mass is 9.99. The van der Waals surface area contributed by atoms with Crippen LogP contribution in [0.2, 0.25) is 5.02 Å². The largest absolute Gasteiger partial charge is 0.455 e. The van der Waals surface area contributed by atoms with E-state index in [9.17, 15) is 22.0 Å². The van der Waals surface area contributed by atoms with Gasteiger partial charge in [0, 0.05) is 10.7 Å². The quantitative estimate of drug-likeness (QED) is 0.643. The van der Waals surface area contributed by atoms with Gasteiger partial charge >= 0.3 is 12.1 Å². The topological polar surface area (TPSA) is 52.0 Å². The maximum absolute atomic E-state index is 13.0. The van der Waals surface area contributed by atoms with Crippen LogP contribution in [0.1, 0.15) is 11.6 Å². The summed E-state index contributed by atoms with van der Waals surface area (Å²) in [6.07, 6.45) is -5.75. The number of hydrogen-bond acceptors (Lipinski definition) is 2. The summed E-state index contributed by atoms with van der Waals surface area (Å²) in [4.78, 5) is 0. The van der Waals surface area contributed by atoms with Gasteiger partial charge in [-0.25, -0.2) is 0 Å². The number of rotatable bonds is 2. The number of nitrogen functional groups attached to an aromatic ring is 1. The van der Waals surface area contributed by atoms with Gasteiger partial charge in [0.05, 0.1) is 0 Å². The van der Waals surface area contributed by atoms with Crippen LogP contribution in [0, 0.1) is 0 Å². The summed E-state index contributed by atoms with van der Waals surface area (Å²) >= 11 is 5.49. The van der Waals surface area contributed by atoms with Gasteiger partial charge in [-0.3, -0.25) is 0 Å². The van der Waals surface area contributed by atoms with Gasteiger partial charge in [0.1, 0.15) is 6.04 Å². The van der Waals surface area contributed by atoms with Crippen LogP contribution in [-0.4, -0.2) is 12.1 Å². The molecule has 0 heterocycles. The molecule has 0 amide bonds. The Morgan fingerprint density at radius 3 is 2.12 bits per heavy atom. The third kappa shape index (κ3) is 2.61. The predicted molar refractivity (Wildman–Crippen MR) is 53.8 cm³/mol. The predicted octanol–water partition coefficient (Wildman–Crippen LogP) is 3.12. The van der Waals surface area contributed by atoms with Crippen LogP contribution in [0.15, 0.2) is 18.2 Å². The van der Waals surface area contributed by atoms with Crippen LogP contribution in [-0.2, 0) is 0 Å². The van der Waals surface area contributed by atoms with Crippen LogP contribution in [0.5, 0.6) is 0 Å². The molecule has 0 saturated carbocycles. The molecule has 0 radical (unpaired) electrons. The van der Waals surface area contributed by atoms with E-state index in [0.717, 1.165) is 12.1 Å². The summed E-state index contributed by atoms with van der Waals surface area (Å²) in [7, 11) is 0. The third-order valence-corrected chi connectivity index (χ3v) is 2.39. The number of halogens is 6. The van der Waals surface area contributed by atoms with Gasteiger partial charge in [-0.1, -0.05) is 11.6 Å². The monoisotopic (exact) mass is 274 g/mol. The Hall–Kier alpha value is -1.08. The molecule has 0 fully saturated rings. The molecule has 17 heavy (non-hydrogen) atoms. The molecule has 1 atom stereocenters. The molecule has 0 unspecified atom stereocenters. The lowest BCUT2D eigenvalue weighted by Crippen LogP contribution is -2.46. The van der Waals surface area contributed by atoms with E-state index in [0.29, 0.717) is 0 Å². The average Bonchev–Trinajstić information content (AvgIpc) is 2.19. The molecule has 96 valence electrons. The Morgan fingerprint density at radius 1 is 1.12 bits per heavy atom. The van der Waals surface area contributed by atoms with Gasteiger partial charge < -0.3 is 11.5 Å². The van der Waals surface area contributed by atoms with Crippen molar-refractivity contribution in [2.75, 3.05) is 5.73 Å². The molecule has 1 rings (SSSR count). The normalized spacial score (nSPS) is 14.8. The Balaban J connectivity index is 3.21. The van der Waals surface area contributed by atoms with Crippen LogP contribution in [0.25, 0.3) is 0 Å². The lowest BCUT2D eigenvalue weighted by Gasteiger charge is -2.26. The van der Waals surface area contributed by atoms with E-state index >= 15 is 0 Å². The van der Waals surface area contributed by atoms with Crippen molar-refractivity contribution >= 4 is 17.3 Å². The summed E-state index contributed by atoms with van der Waals surface area (Å²) in [5, 5.41) is -0.0253. The average molecular weight is 275 g/mol. The summed E-state index contributed by atoms with van der Waals surface area (Å²) in [6.45, 7) is 0. The minimum Gasteiger partial charge on any atom is -0.398 e. The highest BCUT2D eigenvalue weighted by Crippen LogP contribution is 2.44. The van der Waals surface area contributed by atoms with Crippen molar-refractivity contribution in [3.05, 3.63) is 28.8 Å². The van der Waals surface area contributed by atoms with Crippen LogP contribution in [0.4, 0.5) is 27.6 Å². The Labute approximate surface area is 98.3 Å². The number of benzene rings is 1. The number of anilines is 1. The van der Waals surface area contributed by atoms with Gasteiger partial charge in [0.25, 0.3) is 0 Å². The van der Waals surface area contributed by atoms with Crippen LogP contribution in [0.3, 0.4) is 0 Å². The smallest absolute Gasteiger partial charge is 0.398 e. The molecule has 1 aromatic rings. The second kappa shape index (κ2) is 4.30. The molecule has 0 aliphatic carbocycles. The minimum absolute atomic E-state index is 0.0253. The van der Waals surface area contributed by atoms with E-state index in [2.05, 4.69) is 0 Å². The molecular weight excluding hydrogens is 267 g/mol. The minimum atomic E-state index is -5.75. The van der Waals surface area contributed by atoms with Gasteiger partial charge in [-0.2, -0.15) is 22.0 Å². The zero-order valence-corrected chi connectivity index (χ0v) is 8.99. The molecule has 0 aliphatic heterocycles. The van der Waals surface area contributed by atoms with Crippen LogP contribution >= 0.6 is 11.6 Å². The van der Waals surface area contributed by atoms with Gasteiger partial charge in [0.2, 0.25) is 0 Å². The number of alkyl halides is 5. The zero-order chi connectivity index (χ0) is 13.4. The number of nitrogens with two attached hydrogens (primary N) is 2. The van der Waals surface area contributed by atoms with Gasteiger partial charge in [-0.15, -0.1) is 0 Å². The highest BCUT2D eigenvalue weighted by molar-refractivity contribution is 6.30. The molecule has 0 saturated heterocycles. The fourth-order valence-electron chi connectivity index (χ4n) is 1.19. The second-order valence-corrected chi connectivity index (χ2v) is 3.81. The van der Waals surface area contributed by atoms with Crippen molar-refractivity contribution in [3.8, 4) is 0 Å². The fraction of sp³-hybridized carbons (Fsp3) is 0.333. The van der Waals surface area contributed by atoms with Gasteiger partial charge in [0.15, 0.2) is 0 Å². The Kier molecular flexibility index (Phi) is 3.54. The second-order valence-electron chi connectivity index (χ2n) is 3.37. The summed E-state index contributed by atoms with van der Waals surface area (Å²) < 4.78 is 62.2. The van der Waals surface area contributed by atoms with E-state index < -0.39 is 23.7 Å². The molecule has 0 bridgehead atoms. The Morgan fingerprint density at radius 2 is 1.65 bits per heavy atom. The molecule has 2 nitrogen and oxygen atoms in total. The fourth-order valence-corrected chi connectivity index (χ4v) is 1.37. The maximum atomic E-state index is 13.0. The van der Waals surface area contributed by atoms with Crippen molar-refractivity contribution in [1.29, 1.82) is 0 Å². The molecule has 8 heteroatoms. The van der Waals surface area contributed by atoms with E-state index in [1.54, 1.807) is 0 Å². The SMILES string of the molecule is Nc1ccc(Cl)cc1[C@@H](N)C(F)(F)C(F)(F)F. The zero-order valence-electron chi connectivity index (χ0n) is 8.23. The summed E-state index contributed by atoms with van der Waals surface area (Å²) in [5.41, 5.74) is 9.40. The van der Waals surface area contributed by atoms with Crippen molar-refractivity contribution in [1.82, 2.24) is 0 Å². The highest BCUT2D eigenvalue weighted by atomic mass is 35.5. The number of hydrogen-bond donors (Lipinski definition) is 2. The van der Waals surface area contributed by atoms with E-state index in [1.165, 1.54) is 6.07 Å². The molecule has 0 aliphatic rings. The molecule has 4 N–H and O–H groups in total. The molecule has 1 aromatic carbocycles. The first kappa shape index (κ1) is 14.0. The summed E-state index contributed by atoms with van der Waals surface area (Å²) in [6, 6.07) is 0.672. The molecule has 0 spiro atoms. The van der Waals surface area contributed by atoms with Crippen molar-refractivity contribution in [2.45, 2.75) is 18.1 Å². The maximum Gasteiger partial charge on any atom is 0.455 e. The molecular formula is C9H8ClF5N2. The highest BCUT2D eigenvalue weighted by Gasteiger charge is 2.62. The first-order valence-corrected chi connectivity index (χ1v) is 4.70. The molecule has 0 aromatic heterocycles. The van der Waals surface area contributed by atoms with Crippen molar-refractivity contribution < 1.29 is 22.0 Å². The van der Waals surface area contributed by atoms with E-state index in [1.807, 2.05) is 0 Å². The van der Waals surface area contributed by atoms with Crippen molar-refractivity contribution in [3.63, 3.8) is 0 Å². The van der Waals surface area contributed by atoms with Crippen molar-refractivity contribution in [2.24, 2.45) is 5.73 Å². The lowest BCUT2D eigenvalue weighted by molar-refractivity contribution is -0.290.